The summed E-state index contributed by atoms with van der Waals surface area (Å²) >= 11 is 0. The Balaban J connectivity index is 1.37. The molecule has 0 radical (unpaired) electrons. The lowest BCUT2D eigenvalue weighted by Crippen LogP contribution is -2.46. The number of likely N-dealkylation sites (tertiary alicyclic amines) is 1. The molecule has 2 N–H and O–H groups in total. The normalized spacial score (nSPS) is 16.9. The highest BCUT2D eigenvalue weighted by Crippen LogP contribution is 2.24. The number of hydrogen-bond acceptors (Lipinski definition) is 5. The van der Waals surface area contributed by atoms with Gasteiger partial charge in [0.2, 0.25) is 5.91 Å². The summed E-state index contributed by atoms with van der Waals surface area (Å²) in [6.45, 7) is 0.906. The van der Waals surface area contributed by atoms with E-state index in [2.05, 4.69) is 5.32 Å². The number of nitro groups is 1. The maximum absolute atomic E-state index is 13.2. The van der Waals surface area contributed by atoms with E-state index in [9.17, 15) is 24.8 Å². The van der Waals surface area contributed by atoms with Gasteiger partial charge in [0.25, 0.3) is 11.6 Å². The van der Waals surface area contributed by atoms with Crippen molar-refractivity contribution in [1.29, 1.82) is 0 Å². The minimum absolute atomic E-state index is 0.00951. The highest BCUT2D eigenvalue weighted by Gasteiger charge is 2.29. The fourth-order valence-corrected chi connectivity index (χ4v) is 4.24. The Kier molecular flexibility index (Phi) is 6.65. The number of amides is 2. The molecular weight excluding hydrogens is 422 g/mol. The number of piperidine rings is 1. The molecule has 8 heteroatoms. The largest absolute Gasteiger partial charge is 0.387 e. The molecule has 3 aromatic carbocycles. The zero-order valence-electron chi connectivity index (χ0n) is 18.0. The molecule has 0 bridgehead atoms. The molecular formula is C25H25N3O5. The van der Waals surface area contributed by atoms with Crippen LogP contribution in [0.3, 0.4) is 0 Å². The van der Waals surface area contributed by atoms with Gasteiger partial charge in [0.15, 0.2) is 0 Å². The van der Waals surface area contributed by atoms with Crippen LogP contribution in [0.15, 0.2) is 66.7 Å². The van der Waals surface area contributed by atoms with Crippen molar-refractivity contribution in [3.8, 4) is 0 Å². The summed E-state index contributed by atoms with van der Waals surface area (Å²) < 4.78 is 0. The Morgan fingerprint density at radius 3 is 2.58 bits per heavy atom. The third-order valence-electron chi connectivity index (χ3n) is 6.06. The lowest BCUT2D eigenvalue weighted by Gasteiger charge is -2.32. The molecule has 2 amide bonds. The Labute approximate surface area is 191 Å². The van der Waals surface area contributed by atoms with Crippen molar-refractivity contribution in [3.05, 3.63) is 88.0 Å². The van der Waals surface area contributed by atoms with Gasteiger partial charge in [-0.3, -0.25) is 19.7 Å². The van der Waals surface area contributed by atoms with Crippen molar-refractivity contribution >= 4 is 28.3 Å². The van der Waals surface area contributed by atoms with E-state index < -0.39 is 11.0 Å². The molecule has 0 aromatic heterocycles. The summed E-state index contributed by atoms with van der Waals surface area (Å²) in [6.07, 6.45) is 0.407. The summed E-state index contributed by atoms with van der Waals surface area (Å²) in [5, 5.41) is 25.7. The Bertz CT molecular complexity index is 1170. The average Bonchev–Trinajstić information content (AvgIpc) is 2.86. The highest BCUT2D eigenvalue weighted by molar-refractivity contribution is 6.07. The van der Waals surface area contributed by atoms with Gasteiger partial charge in [0.1, 0.15) is 0 Å². The minimum Gasteiger partial charge on any atom is -0.387 e. The predicted octanol–water partition coefficient (Wildman–Crippen LogP) is 3.45. The molecule has 1 aliphatic heterocycles. The molecule has 8 nitrogen and oxygen atoms in total. The van der Waals surface area contributed by atoms with Gasteiger partial charge in [-0.05, 0) is 47.4 Å². The summed E-state index contributed by atoms with van der Waals surface area (Å²) in [5.41, 5.74) is 1.05. The van der Waals surface area contributed by atoms with E-state index in [1.165, 1.54) is 24.3 Å². The molecule has 170 valence electrons. The molecule has 3 aromatic rings. The molecule has 0 aliphatic carbocycles. The SMILES string of the molecule is O=C(NC[C@@H](O)c1ccc([N+](=O)[O-])cc1)[C@H]1CCCN(C(=O)c2cccc3ccccc23)C1. The number of aliphatic hydroxyl groups is 1. The quantitative estimate of drug-likeness (QED) is 0.444. The minimum atomic E-state index is -0.980. The third kappa shape index (κ3) is 5.01. The smallest absolute Gasteiger partial charge is 0.269 e. The number of non-ortho nitro benzene ring substituents is 1. The lowest BCUT2D eigenvalue weighted by molar-refractivity contribution is -0.384. The van der Waals surface area contributed by atoms with Gasteiger partial charge in [0, 0.05) is 37.3 Å². The number of carbonyl (C=O) groups is 2. The van der Waals surface area contributed by atoms with E-state index in [0.29, 0.717) is 30.6 Å². The van der Waals surface area contributed by atoms with Crippen LogP contribution < -0.4 is 5.32 Å². The first kappa shape index (κ1) is 22.4. The van der Waals surface area contributed by atoms with Gasteiger partial charge in [0.05, 0.1) is 16.9 Å². The van der Waals surface area contributed by atoms with Crippen LogP contribution >= 0.6 is 0 Å². The van der Waals surface area contributed by atoms with E-state index in [-0.39, 0.29) is 30.0 Å². The number of benzene rings is 3. The average molecular weight is 447 g/mol. The van der Waals surface area contributed by atoms with Crippen molar-refractivity contribution in [3.63, 3.8) is 0 Å². The molecule has 0 unspecified atom stereocenters. The van der Waals surface area contributed by atoms with Crippen LogP contribution in [0.4, 0.5) is 5.69 Å². The molecule has 1 saturated heterocycles. The molecule has 33 heavy (non-hydrogen) atoms. The van der Waals surface area contributed by atoms with Gasteiger partial charge in [-0.25, -0.2) is 0 Å². The zero-order valence-corrected chi connectivity index (χ0v) is 18.0. The molecule has 1 aliphatic rings. The second-order valence-electron chi connectivity index (χ2n) is 8.23. The standard InChI is InChI=1S/C25H25N3O5/c29-23(18-10-12-20(13-11-18)28(32)33)15-26-24(30)19-7-4-14-27(16-19)25(31)22-9-3-6-17-5-1-2-8-21(17)22/h1-3,5-6,8-13,19,23,29H,4,7,14-16H2,(H,26,30)/t19-,23+/m0/s1. The van der Waals surface area contributed by atoms with Crippen LogP contribution in [-0.2, 0) is 4.79 Å². The Hall–Kier alpha value is -3.78. The van der Waals surface area contributed by atoms with Crippen molar-refractivity contribution in [2.24, 2.45) is 5.92 Å². The van der Waals surface area contributed by atoms with E-state index in [4.69, 9.17) is 0 Å². The third-order valence-corrected chi connectivity index (χ3v) is 6.06. The van der Waals surface area contributed by atoms with E-state index in [1.54, 1.807) is 4.90 Å². The van der Waals surface area contributed by atoms with Crippen molar-refractivity contribution in [2.45, 2.75) is 18.9 Å². The van der Waals surface area contributed by atoms with E-state index in [0.717, 1.165) is 17.2 Å². The lowest BCUT2D eigenvalue weighted by atomic mass is 9.95. The van der Waals surface area contributed by atoms with Crippen molar-refractivity contribution in [1.82, 2.24) is 10.2 Å². The van der Waals surface area contributed by atoms with E-state index in [1.807, 2.05) is 42.5 Å². The van der Waals surface area contributed by atoms with Crippen LogP contribution in [0.5, 0.6) is 0 Å². The van der Waals surface area contributed by atoms with Crippen LogP contribution in [0.25, 0.3) is 10.8 Å². The summed E-state index contributed by atoms with van der Waals surface area (Å²) in [5.74, 6) is -0.664. The van der Waals surface area contributed by atoms with Gasteiger partial charge in [-0.2, -0.15) is 0 Å². The van der Waals surface area contributed by atoms with Crippen LogP contribution in [0.1, 0.15) is 34.9 Å². The van der Waals surface area contributed by atoms with E-state index >= 15 is 0 Å². The number of nitrogens with zero attached hydrogens (tertiary/aromatic N) is 2. The van der Waals surface area contributed by atoms with Crippen molar-refractivity contribution in [2.75, 3.05) is 19.6 Å². The van der Waals surface area contributed by atoms with Gasteiger partial charge < -0.3 is 15.3 Å². The number of carbonyl (C=O) groups excluding carboxylic acids is 2. The predicted molar refractivity (Wildman–Crippen MR) is 124 cm³/mol. The molecule has 4 rings (SSSR count). The highest BCUT2D eigenvalue weighted by atomic mass is 16.6. The maximum atomic E-state index is 13.2. The first-order valence-corrected chi connectivity index (χ1v) is 10.9. The van der Waals surface area contributed by atoms with Crippen LogP contribution in [-0.4, -0.2) is 46.4 Å². The number of nitrogens with one attached hydrogen (secondary N) is 1. The molecule has 1 heterocycles. The number of rotatable bonds is 6. The fraction of sp³-hybridized carbons (Fsp3) is 0.280. The van der Waals surface area contributed by atoms with Crippen LogP contribution in [0.2, 0.25) is 0 Å². The van der Waals surface area contributed by atoms with Gasteiger partial charge in [-0.15, -0.1) is 0 Å². The second-order valence-corrected chi connectivity index (χ2v) is 8.23. The zero-order chi connectivity index (χ0) is 23.4. The first-order valence-electron chi connectivity index (χ1n) is 10.9. The van der Waals surface area contributed by atoms with Crippen LogP contribution in [0, 0.1) is 16.0 Å². The Morgan fingerprint density at radius 1 is 1.09 bits per heavy atom. The number of nitro benzene ring substituents is 1. The summed E-state index contributed by atoms with van der Waals surface area (Å²) in [7, 11) is 0. The number of fused-ring (bicyclic) bond motifs is 1. The molecule has 2 atom stereocenters. The summed E-state index contributed by atoms with van der Waals surface area (Å²) in [6, 6.07) is 19.0. The fourth-order valence-electron chi connectivity index (χ4n) is 4.24. The second kappa shape index (κ2) is 9.79. The monoisotopic (exact) mass is 447 g/mol. The topological polar surface area (TPSA) is 113 Å². The maximum Gasteiger partial charge on any atom is 0.269 e. The van der Waals surface area contributed by atoms with Gasteiger partial charge >= 0.3 is 0 Å². The molecule has 0 spiro atoms. The summed E-state index contributed by atoms with van der Waals surface area (Å²) in [4.78, 5) is 37.9. The molecule has 1 fully saturated rings. The van der Waals surface area contributed by atoms with Gasteiger partial charge in [-0.1, -0.05) is 36.4 Å². The van der Waals surface area contributed by atoms with Crippen molar-refractivity contribution < 1.29 is 19.6 Å². The first-order chi connectivity index (χ1) is 15.9. The Morgan fingerprint density at radius 2 is 1.82 bits per heavy atom. The molecule has 0 saturated carbocycles. The number of aliphatic hydroxyl groups excluding tert-OH is 1. The number of hydrogen-bond donors (Lipinski definition) is 2.